The predicted octanol–water partition coefficient (Wildman–Crippen LogP) is 0.659. The maximum absolute atomic E-state index is 12.7. The first kappa shape index (κ1) is 27.3. The van der Waals surface area contributed by atoms with Crippen LogP contribution in [0.5, 0.6) is 5.88 Å². The van der Waals surface area contributed by atoms with E-state index < -0.39 is 49.6 Å². The van der Waals surface area contributed by atoms with E-state index in [0.29, 0.717) is 11.2 Å². The lowest BCUT2D eigenvalue weighted by Crippen LogP contribution is -2.40. The number of benzene rings is 1. The Kier molecular flexibility index (Phi) is 7.27. The van der Waals surface area contributed by atoms with E-state index in [9.17, 15) is 19.6 Å². The molecule has 1 aliphatic heterocycles. The van der Waals surface area contributed by atoms with E-state index in [1.165, 1.54) is 13.4 Å². The van der Waals surface area contributed by atoms with Crippen molar-refractivity contribution in [3.05, 3.63) is 42.2 Å². The lowest BCUT2D eigenvalue weighted by atomic mass is 10.1. The Labute approximate surface area is 224 Å². The molecule has 14 nitrogen and oxygen atoms in total. The van der Waals surface area contributed by atoms with Gasteiger partial charge >= 0.3 is 14.1 Å². The lowest BCUT2D eigenvalue weighted by molar-refractivity contribution is -0.145. The van der Waals surface area contributed by atoms with Crippen molar-refractivity contribution < 1.29 is 38.3 Å². The van der Waals surface area contributed by atoms with Crippen LogP contribution in [0, 0.1) is 0 Å². The first-order valence-electron chi connectivity index (χ1n) is 12.3. The van der Waals surface area contributed by atoms with E-state index in [-0.39, 0.29) is 31.5 Å². The van der Waals surface area contributed by atoms with Crippen molar-refractivity contribution in [2.75, 3.05) is 26.1 Å². The number of fused-ring (bicyclic) bond motifs is 2. The van der Waals surface area contributed by atoms with Crippen LogP contribution in [-0.2, 0) is 29.8 Å². The van der Waals surface area contributed by atoms with E-state index in [2.05, 4.69) is 20.0 Å². The van der Waals surface area contributed by atoms with Gasteiger partial charge < -0.3 is 34.7 Å². The van der Waals surface area contributed by atoms with Gasteiger partial charge in [0.05, 0.1) is 20.0 Å². The van der Waals surface area contributed by atoms with Gasteiger partial charge in [0.1, 0.15) is 36.1 Å². The Morgan fingerprint density at radius 1 is 1.33 bits per heavy atom. The molecule has 7 atom stereocenters. The molecule has 3 heterocycles. The highest BCUT2D eigenvalue weighted by molar-refractivity contribution is 7.36. The molecule has 3 aromatic rings. The minimum atomic E-state index is -2.54. The molecule has 0 radical (unpaired) electrons. The van der Waals surface area contributed by atoms with Crippen molar-refractivity contribution in [3.63, 3.8) is 0 Å². The van der Waals surface area contributed by atoms with Gasteiger partial charge in [-0.1, -0.05) is 35.4 Å². The van der Waals surface area contributed by atoms with Gasteiger partial charge in [0, 0.05) is 6.42 Å². The number of nitrogens with one attached hydrogen (secondary N) is 1. The Morgan fingerprint density at radius 2 is 2.08 bits per heavy atom. The first-order valence-corrected chi connectivity index (χ1v) is 13.5. The SMILES string of the molecule is CCOC(=O)C(Cc1ccccc1)N[P+](=O)OCC1OC2(C)C(n3cnc4c(OC)nc(N)nc43)C2(O)C1O. The summed E-state index contributed by atoms with van der Waals surface area (Å²) in [6.07, 6.45) is -0.696. The minimum absolute atomic E-state index is 0.0403. The number of nitrogens with two attached hydrogens (primary N) is 1. The summed E-state index contributed by atoms with van der Waals surface area (Å²) in [6, 6.07) is 7.55. The Balaban J connectivity index is 1.24. The van der Waals surface area contributed by atoms with E-state index in [4.69, 9.17) is 24.5 Å². The number of ether oxygens (including phenoxy) is 3. The number of carbonyl (C=O) groups is 1. The number of nitrogen functional groups attached to an aromatic ring is 1. The number of hydrogen-bond donors (Lipinski definition) is 4. The molecule has 1 saturated heterocycles. The van der Waals surface area contributed by atoms with E-state index in [0.717, 1.165) is 5.56 Å². The highest BCUT2D eigenvalue weighted by Crippen LogP contribution is 2.67. The van der Waals surface area contributed by atoms with Crippen LogP contribution in [0.1, 0.15) is 25.5 Å². The van der Waals surface area contributed by atoms with Crippen LogP contribution < -0.4 is 15.6 Å². The van der Waals surface area contributed by atoms with Gasteiger partial charge in [-0.3, -0.25) is 4.79 Å². The zero-order valence-corrected chi connectivity index (χ0v) is 22.4. The van der Waals surface area contributed by atoms with Gasteiger partial charge in [-0.15, -0.1) is 4.52 Å². The zero-order valence-electron chi connectivity index (χ0n) is 21.6. The second-order valence-electron chi connectivity index (χ2n) is 9.53. The van der Waals surface area contributed by atoms with E-state index in [1.807, 2.05) is 30.3 Å². The Bertz CT molecular complexity index is 1390. The van der Waals surface area contributed by atoms with Crippen molar-refractivity contribution in [2.24, 2.45) is 0 Å². The predicted molar refractivity (Wildman–Crippen MR) is 137 cm³/mol. The summed E-state index contributed by atoms with van der Waals surface area (Å²) in [5.74, 6) is -0.428. The molecule has 0 amide bonds. The Morgan fingerprint density at radius 3 is 2.72 bits per heavy atom. The molecular weight excluding hydrogens is 531 g/mol. The van der Waals surface area contributed by atoms with Crippen molar-refractivity contribution in [1.29, 1.82) is 0 Å². The summed E-state index contributed by atoms with van der Waals surface area (Å²) in [7, 11) is -1.12. The maximum Gasteiger partial charge on any atom is 0.613 e. The van der Waals surface area contributed by atoms with Crippen LogP contribution >= 0.6 is 8.18 Å². The molecule has 1 aliphatic carbocycles. The van der Waals surface area contributed by atoms with Crippen LogP contribution in [0.4, 0.5) is 5.95 Å². The number of nitrogens with zero attached hydrogens (tertiary/aromatic N) is 4. The molecule has 1 aromatic carbocycles. The quantitative estimate of drug-likeness (QED) is 0.189. The first-order chi connectivity index (χ1) is 18.6. The molecule has 2 aliphatic rings. The summed E-state index contributed by atoms with van der Waals surface area (Å²) in [4.78, 5) is 24.9. The van der Waals surface area contributed by atoms with Crippen LogP contribution in [-0.4, -0.2) is 85.5 Å². The van der Waals surface area contributed by atoms with Crippen molar-refractivity contribution in [3.8, 4) is 5.88 Å². The van der Waals surface area contributed by atoms with Crippen molar-refractivity contribution in [1.82, 2.24) is 24.6 Å². The molecular formula is C24H30N6O8P+. The summed E-state index contributed by atoms with van der Waals surface area (Å²) in [5.41, 5.74) is 4.37. The van der Waals surface area contributed by atoms with Crippen LogP contribution in [0.25, 0.3) is 11.2 Å². The third-order valence-corrected chi connectivity index (χ3v) is 8.11. The molecule has 0 spiro atoms. The molecule has 5 N–H and O–H groups in total. The molecule has 5 rings (SSSR count). The number of carbonyl (C=O) groups excluding carboxylic acids is 1. The number of anilines is 1. The van der Waals surface area contributed by atoms with Crippen LogP contribution in [0.3, 0.4) is 0 Å². The molecule has 1 saturated carbocycles. The second kappa shape index (κ2) is 10.4. The number of aliphatic hydroxyl groups is 2. The van der Waals surface area contributed by atoms with E-state index in [1.54, 1.807) is 18.4 Å². The molecule has 2 aromatic heterocycles. The Hall–Kier alpha value is -3.26. The maximum atomic E-state index is 12.7. The average Bonchev–Trinajstić information content (AvgIpc) is 3.14. The van der Waals surface area contributed by atoms with Crippen molar-refractivity contribution in [2.45, 2.75) is 55.8 Å². The fraction of sp³-hybridized carbons (Fsp3) is 0.500. The van der Waals surface area contributed by atoms with Crippen molar-refractivity contribution >= 4 is 31.3 Å². The van der Waals surface area contributed by atoms with Gasteiger partial charge in [0.25, 0.3) is 0 Å². The van der Waals surface area contributed by atoms with E-state index >= 15 is 0 Å². The fourth-order valence-electron chi connectivity index (χ4n) is 5.28. The van der Waals surface area contributed by atoms with Gasteiger partial charge in [-0.05, 0) is 24.0 Å². The van der Waals surface area contributed by atoms with Gasteiger partial charge in [-0.25, -0.2) is 4.98 Å². The summed E-state index contributed by atoms with van der Waals surface area (Å²) >= 11 is 0. The summed E-state index contributed by atoms with van der Waals surface area (Å²) in [6.45, 7) is 3.19. The second-order valence-corrected chi connectivity index (χ2v) is 10.6. The minimum Gasteiger partial charge on any atom is -0.479 e. The van der Waals surface area contributed by atoms with Gasteiger partial charge in [0.2, 0.25) is 11.8 Å². The number of aromatic nitrogens is 4. The smallest absolute Gasteiger partial charge is 0.479 e. The molecule has 2 fully saturated rings. The summed E-state index contributed by atoms with van der Waals surface area (Å²) < 4.78 is 36.0. The number of hydrogen-bond acceptors (Lipinski definition) is 12. The monoisotopic (exact) mass is 561 g/mol. The molecule has 208 valence electrons. The zero-order chi connectivity index (χ0) is 27.9. The fourth-order valence-corrected chi connectivity index (χ4v) is 6.08. The molecule has 15 heteroatoms. The third kappa shape index (κ3) is 4.62. The normalized spacial score (nSPS) is 28.6. The standard InChI is InChI=1S/C24H30N6O8P/c1-4-36-20(32)14(10-13-8-6-5-7-9-13)29-39(34)37-11-15-17(31)24(33)21(23(24,2)38-15)30-12-26-16-18(30)27-22(25)28-19(16)35-3/h5-9,12,14-15,17,21,31,33H,4,10-11H2,1-3H3,(H,29,34)(H2,25,27,28)/q+1. The van der Waals surface area contributed by atoms with Gasteiger partial charge in [-0.2, -0.15) is 9.97 Å². The molecule has 39 heavy (non-hydrogen) atoms. The largest absolute Gasteiger partial charge is 0.613 e. The highest BCUT2D eigenvalue weighted by Gasteiger charge is 2.85. The lowest BCUT2D eigenvalue weighted by Gasteiger charge is -2.22. The summed E-state index contributed by atoms with van der Waals surface area (Å²) in [5, 5.41) is 25.1. The number of methoxy groups -OCH3 is 1. The number of esters is 1. The topological polar surface area (TPSA) is 193 Å². The number of aliphatic hydroxyl groups excluding tert-OH is 1. The molecule has 0 bridgehead atoms. The number of rotatable bonds is 11. The average molecular weight is 562 g/mol. The third-order valence-electron chi connectivity index (χ3n) is 7.20. The van der Waals surface area contributed by atoms with Gasteiger partial charge in [0.15, 0.2) is 17.2 Å². The highest BCUT2D eigenvalue weighted by atomic mass is 31.1. The van der Waals surface area contributed by atoms with Crippen LogP contribution in [0.15, 0.2) is 36.7 Å². The number of imidazole rings is 1. The molecule has 7 unspecified atom stereocenters. The van der Waals surface area contributed by atoms with Crippen LogP contribution in [0.2, 0.25) is 0 Å².